The van der Waals surface area contributed by atoms with Crippen molar-refractivity contribution in [1.82, 2.24) is 4.90 Å². The first-order valence-corrected chi connectivity index (χ1v) is 8.86. The monoisotopic (exact) mass is 332 g/mol. The van der Waals surface area contributed by atoms with Gasteiger partial charge in [-0.1, -0.05) is 6.07 Å². The molecule has 3 atom stereocenters. The minimum absolute atomic E-state index is 0.268. The topological polar surface area (TPSA) is 64.8 Å². The molecule has 1 aromatic carbocycles. The molecule has 132 valence electrons. The van der Waals surface area contributed by atoms with Crippen LogP contribution in [0.4, 0.5) is 0 Å². The first-order chi connectivity index (χ1) is 11.6. The van der Waals surface area contributed by atoms with Crippen LogP contribution in [0, 0.1) is 11.8 Å². The Labute approximate surface area is 144 Å². The fourth-order valence-electron chi connectivity index (χ4n) is 4.16. The molecule has 1 aliphatic heterocycles. The number of benzene rings is 1. The van der Waals surface area contributed by atoms with Crippen molar-refractivity contribution in [3.8, 4) is 11.5 Å². The second-order valence-corrected chi connectivity index (χ2v) is 7.00. The maximum atomic E-state index is 12.5. The fourth-order valence-corrected chi connectivity index (χ4v) is 4.16. The molecule has 3 rings (SSSR count). The van der Waals surface area contributed by atoms with E-state index in [-0.39, 0.29) is 11.9 Å². The van der Waals surface area contributed by atoms with E-state index in [1.807, 2.05) is 23.1 Å². The number of nitrogens with zero attached hydrogens (tertiary/aromatic N) is 1. The van der Waals surface area contributed by atoms with Crippen LogP contribution in [-0.4, -0.2) is 44.2 Å². The van der Waals surface area contributed by atoms with E-state index in [2.05, 4.69) is 0 Å². The number of hydrogen-bond donors (Lipinski definition) is 1. The Balaban J connectivity index is 1.49. The summed E-state index contributed by atoms with van der Waals surface area (Å²) in [6.45, 7) is 1.76. The van der Waals surface area contributed by atoms with E-state index in [0.717, 1.165) is 49.4 Å². The predicted octanol–water partition coefficient (Wildman–Crippen LogP) is 2.22. The molecule has 1 heterocycles. The SMILES string of the molecule is COc1ccc(CCCC(=O)N2CC3CCC(N)C3C2)c(OC)c1. The highest BCUT2D eigenvalue weighted by Gasteiger charge is 2.42. The molecule has 5 nitrogen and oxygen atoms in total. The zero-order valence-corrected chi connectivity index (χ0v) is 14.7. The first-order valence-electron chi connectivity index (χ1n) is 8.86. The maximum absolute atomic E-state index is 12.5. The van der Waals surface area contributed by atoms with E-state index < -0.39 is 0 Å². The highest BCUT2D eigenvalue weighted by Crippen LogP contribution is 2.37. The summed E-state index contributed by atoms with van der Waals surface area (Å²) in [5, 5.41) is 0. The van der Waals surface area contributed by atoms with Crippen molar-refractivity contribution in [1.29, 1.82) is 0 Å². The molecule has 2 N–H and O–H groups in total. The van der Waals surface area contributed by atoms with Gasteiger partial charge in [-0.25, -0.2) is 0 Å². The molecule has 5 heteroatoms. The molecule has 24 heavy (non-hydrogen) atoms. The lowest BCUT2D eigenvalue weighted by Gasteiger charge is -2.19. The Kier molecular flexibility index (Phi) is 5.29. The van der Waals surface area contributed by atoms with Crippen LogP contribution in [0.1, 0.15) is 31.2 Å². The highest BCUT2D eigenvalue weighted by atomic mass is 16.5. The fraction of sp³-hybridized carbons (Fsp3) is 0.632. The second kappa shape index (κ2) is 7.43. The number of fused-ring (bicyclic) bond motifs is 1. The molecule has 0 spiro atoms. The number of ether oxygens (including phenoxy) is 2. The van der Waals surface area contributed by atoms with E-state index in [0.29, 0.717) is 18.3 Å². The van der Waals surface area contributed by atoms with Crippen molar-refractivity contribution in [2.24, 2.45) is 17.6 Å². The number of carbonyl (C=O) groups is 1. The summed E-state index contributed by atoms with van der Waals surface area (Å²) in [5.74, 6) is 3.03. The standard InChI is InChI=1S/C19H28N2O3/c1-23-15-8-6-13(18(10-15)24-2)4-3-5-19(22)21-11-14-7-9-17(20)16(14)12-21/h6,8,10,14,16-17H,3-5,7,9,11-12,20H2,1-2H3. The number of methoxy groups -OCH3 is 2. The summed E-state index contributed by atoms with van der Waals surface area (Å²) >= 11 is 0. The number of hydrogen-bond acceptors (Lipinski definition) is 4. The van der Waals surface area contributed by atoms with Crippen LogP contribution in [0.2, 0.25) is 0 Å². The van der Waals surface area contributed by atoms with Crippen molar-refractivity contribution >= 4 is 5.91 Å². The van der Waals surface area contributed by atoms with Gasteiger partial charge < -0.3 is 20.1 Å². The van der Waals surface area contributed by atoms with Crippen molar-refractivity contribution in [3.63, 3.8) is 0 Å². The van der Waals surface area contributed by atoms with E-state index in [1.54, 1.807) is 14.2 Å². The van der Waals surface area contributed by atoms with Gasteiger partial charge in [0.05, 0.1) is 14.2 Å². The Morgan fingerprint density at radius 2 is 2.08 bits per heavy atom. The molecule has 1 saturated heterocycles. The lowest BCUT2D eigenvalue weighted by atomic mass is 9.98. The maximum Gasteiger partial charge on any atom is 0.222 e. The summed E-state index contributed by atoms with van der Waals surface area (Å²) in [6, 6.07) is 6.13. The number of nitrogens with two attached hydrogens (primary N) is 1. The summed E-state index contributed by atoms with van der Waals surface area (Å²) in [4.78, 5) is 14.5. The third-order valence-electron chi connectivity index (χ3n) is 5.60. The molecular formula is C19H28N2O3. The number of likely N-dealkylation sites (tertiary alicyclic amines) is 1. The number of rotatable bonds is 6. The lowest BCUT2D eigenvalue weighted by molar-refractivity contribution is -0.130. The lowest BCUT2D eigenvalue weighted by Crippen LogP contribution is -2.33. The second-order valence-electron chi connectivity index (χ2n) is 7.00. The van der Waals surface area contributed by atoms with Gasteiger partial charge in [0.1, 0.15) is 11.5 Å². The van der Waals surface area contributed by atoms with Crippen LogP contribution in [0.3, 0.4) is 0 Å². The molecule has 1 aromatic rings. The zero-order valence-electron chi connectivity index (χ0n) is 14.7. The van der Waals surface area contributed by atoms with E-state index in [9.17, 15) is 4.79 Å². The number of aryl methyl sites for hydroxylation is 1. The zero-order chi connectivity index (χ0) is 17.1. The van der Waals surface area contributed by atoms with Crippen LogP contribution in [0.15, 0.2) is 18.2 Å². The van der Waals surface area contributed by atoms with Gasteiger partial charge in [0.15, 0.2) is 0 Å². The van der Waals surface area contributed by atoms with Crippen LogP contribution < -0.4 is 15.2 Å². The van der Waals surface area contributed by atoms with E-state index in [1.165, 1.54) is 6.42 Å². The van der Waals surface area contributed by atoms with E-state index in [4.69, 9.17) is 15.2 Å². The Morgan fingerprint density at radius 3 is 2.79 bits per heavy atom. The third-order valence-corrected chi connectivity index (χ3v) is 5.60. The average Bonchev–Trinajstić information content (AvgIpc) is 3.17. The van der Waals surface area contributed by atoms with Crippen molar-refractivity contribution in [2.75, 3.05) is 27.3 Å². The largest absolute Gasteiger partial charge is 0.497 e. The highest BCUT2D eigenvalue weighted by molar-refractivity contribution is 5.76. The van der Waals surface area contributed by atoms with Crippen LogP contribution in [-0.2, 0) is 11.2 Å². The predicted molar refractivity (Wildman–Crippen MR) is 93.3 cm³/mol. The Bertz CT molecular complexity index is 590. The van der Waals surface area contributed by atoms with Crippen LogP contribution in [0.25, 0.3) is 0 Å². The number of amides is 1. The molecular weight excluding hydrogens is 304 g/mol. The van der Waals surface area contributed by atoms with Crippen LogP contribution >= 0.6 is 0 Å². The summed E-state index contributed by atoms with van der Waals surface area (Å²) in [6.07, 6.45) is 4.55. The average molecular weight is 332 g/mol. The van der Waals surface area contributed by atoms with Gasteiger partial charge in [0, 0.05) is 31.6 Å². The minimum Gasteiger partial charge on any atom is -0.497 e. The normalized spacial score (nSPS) is 25.6. The van der Waals surface area contributed by atoms with Gasteiger partial charge in [-0.15, -0.1) is 0 Å². The smallest absolute Gasteiger partial charge is 0.222 e. The summed E-state index contributed by atoms with van der Waals surface area (Å²) < 4.78 is 10.6. The van der Waals surface area contributed by atoms with Crippen molar-refractivity contribution in [3.05, 3.63) is 23.8 Å². The molecule has 2 fully saturated rings. The molecule has 0 radical (unpaired) electrons. The van der Waals surface area contributed by atoms with Gasteiger partial charge in [0.2, 0.25) is 5.91 Å². The van der Waals surface area contributed by atoms with Crippen molar-refractivity contribution < 1.29 is 14.3 Å². The molecule has 2 aliphatic rings. The van der Waals surface area contributed by atoms with Crippen LogP contribution in [0.5, 0.6) is 11.5 Å². The molecule has 1 amide bonds. The number of carbonyl (C=O) groups excluding carboxylic acids is 1. The molecule has 3 unspecified atom stereocenters. The van der Waals surface area contributed by atoms with E-state index >= 15 is 0 Å². The van der Waals surface area contributed by atoms with Gasteiger partial charge >= 0.3 is 0 Å². The van der Waals surface area contributed by atoms with Gasteiger partial charge in [-0.2, -0.15) is 0 Å². The molecule has 0 bridgehead atoms. The minimum atomic E-state index is 0.268. The van der Waals surface area contributed by atoms with Gasteiger partial charge in [0.25, 0.3) is 0 Å². The molecule has 0 aromatic heterocycles. The summed E-state index contributed by atoms with van der Waals surface area (Å²) in [5.41, 5.74) is 7.27. The Hall–Kier alpha value is -1.75. The molecule has 1 saturated carbocycles. The van der Waals surface area contributed by atoms with Gasteiger partial charge in [-0.05, 0) is 49.1 Å². The van der Waals surface area contributed by atoms with Crippen molar-refractivity contribution in [2.45, 2.75) is 38.1 Å². The Morgan fingerprint density at radius 1 is 1.25 bits per heavy atom. The third kappa shape index (κ3) is 3.51. The summed E-state index contributed by atoms with van der Waals surface area (Å²) in [7, 11) is 3.31. The van der Waals surface area contributed by atoms with Gasteiger partial charge in [-0.3, -0.25) is 4.79 Å². The quantitative estimate of drug-likeness (QED) is 0.867. The molecule has 1 aliphatic carbocycles. The first kappa shape index (κ1) is 17.1.